The molecule has 106 valence electrons. The minimum atomic E-state index is -3.90. The van der Waals surface area contributed by atoms with Crippen molar-refractivity contribution in [1.29, 1.82) is 0 Å². The van der Waals surface area contributed by atoms with E-state index < -0.39 is 7.82 Å². The van der Waals surface area contributed by atoms with Gasteiger partial charge in [-0.25, -0.2) is 4.57 Å². The Balaban J connectivity index is 1.72. The van der Waals surface area contributed by atoms with E-state index in [1.54, 1.807) is 0 Å². The molecule has 0 amide bonds. The van der Waals surface area contributed by atoms with Gasteiger partial charge >= 0.3 is 7.82 Å². The topological polar surface area (TPSA) is 55.8 Å². The summed E-state index contributed by atoms with van der Waals surface area (Å²) >= 11 is 0. The Morgan fingerprint density at radius 1 is 1.16 bits per heavy atom. The van der Waals surface area contributed by atoms with Crippen LogP contribution in [0.5, 0.6) is 0 Å². The van der Waals surface area contributed by atoms with Crippen molar-refractivity contribution in [3.05, 3.63) is 35.9 Å². The van der Waals surface area contributed by atoms with Gasteiger partial charge in [0, 0.05) is 0 Å². The number of benzene rings is 1. The van der Waals surface area contributed by atoms with Crippen molar-refractivity contribution < 1.29 is 18.5 Å². The summed E-state index contributed by atoms with van der Waals surface area (Å²) in [6, 6.07) is 9.74. The molecule has 1 unspecified atom stereocenters. The fraction of sp³-hybridized carbons (Fsp3) is 0.571. The largest absolute Gasteiger partial charge is 0.472 e. The number of hydrogen-bond acceptors (Lipinski definition) is 3. The first kappa shape index (κ1) is 14.7. The normalized spacial score (nSPS) is 20.1. The third-order valence-corrected chi connectivity index (χ3v) is 4.40. The number of phosphoric ester groups is 1. The molecule has 2 rings (SSSR count). The number of hydrogen-bond donors (Lipinski definition) is 1. The number of phosphoric acid groups is 1. The molecule has 1 aliphatic rings. The van der Waals surface area contributed by atoms with Crippen LogP contribution < -0.4 is 0 Å². The Morgan fingerprint density at radius 2 is 1.84 bits per heavy atom. The van der Waals surface area contributed by atoms with Crippen molar-refractivity contribution >= 4 is 7.82 Å². The van der Waals surface area contributed by atoms with Crippen LogP contribution in [0.1, 0.15) is 37.7 Å². The lowest BCUT2D eigenvalue weighted by atomic mass is 9.98. The van der Waals surface area contributed by atoms with Crippen LogP contribution in [0.4, 0.5) is 0 Å². The minimum absolute atomic E-state index is 0.124. The molecule has 4 nitrogen and oxygen atoms in total. The van der Waals surface area contributed by atoms with E-state index in [1.165, 1.54) is 6.42 Å². The van der Waals surface area contributed by atoms with E-state index in [-0.39, 0.29) is 12.7 Å². The lowest BCUT2D eigenvalue weighted by Crippen LogP contribution is -2.16. The molecule has 1 saturated carbocycles. The highest BCUT2D eigenvalue weighted by molar-refractivity contribution is 7.47. The lowest BCUT2D eigenvalue weighted by molar-refractivity contribution is 0.0832. The Morgan fingerprint density at radius 3 is 2.53 bits per heavy atom. The van der Waals surface area contributed by atoms with Gasteiger partial charge in [0.2, 0.25) is 0 Å². The van der Waals surface area contributed by atoms with Gasteiger partial charge < -0.3 is 4.89 Å². The molecule has 0 heterocycles. The second-order valence-corrected chi connectivity index (χ2v) is 6.31. The van der Waals surface area contributed by atoms with E-state index in [4.69, 9.17) is 9.05 Å². The van der Waals surface area contributed by atoms with Crippen LogP contribution in [0.2, 0.25) is 0 Å². The summed E-state index contributed by atoms with van der Waals surface area (Å²) in [5, 5.41) is 0. The molecule has 1 N–H and O–H groups in total. The lowest BCUT2D eigenvalue weighted by Gasteiger charge is -2.23. The van der Waals surface area contributed by atoms with Crippen LogP contribution >= 0.6 is 7.82 Å². The maximum Gasteiger partial charge on any atom is 0.472 e. The van der Waals surface area contributed by atoms with Gasteiger partial charge in [0.1, 0.15) is 0 Å². The quantitative estimate of drug-likeness (QED) is 0.809. The first-order chi connectivity index (χ1) is 9.16. The van der Waals surface area contributed by atoms with E-state index in [9.17, 15) is 9.46 Å². The van der Waals surface area contributed by atoms with Gasteiger partial charge in [-0.3, -0.25) is 9.05 Å². The van der Waals surface area contributed by atoms with Crippen LogP contribution in [0, 0.1) is 0 Å². The van der Waals surface area contributed by atoms with Crippen molar-refractivity contribution in [2.45, 2.75) is 44.6 Å². The summed E-state index contributed by atoms with van der Waals surface area (Å²) in [5.74, 6) is 0. The van der Waals surface area contributed by atoms with Crippen LogP contribution in [0.25, 0.3) is 0 Å². The molecule has 0 radical (unpaired) electrons. The highest BCUT2D eigenvalue weighted by Gasteiger charge is 2.27. The summed E-state index contributed by atoms with van der Waals surface area (Å²) in [7, 11) is -3.90. The summed E-state index contributed by atoms with van der Waals surface area (Å²) in [5.41, 5.74) is 1.08. The highest BCUT2D eigenvalue weighted by Crippen LogP contribution is 2.46. The predicted octanol–water partition coefficient (Wildman–Crippen LogP) is 3.70. The van der Waals surface area contributed by atoms with Crippen LogP contribution in [0.15, 0.2) is 30.3 Å². The van der Waals surface area contributed by atoms with E-state index in [2.05, 4.69) is 0 Å². The summed E-state index contributed by atoms with van der Waals surface area (Å²) < 4.78 is 22.0. The zero-order valence-electron chi connectivity index (χ0n) is 11.0. The predicted molar refractivity (Wildman–Crippen MR) is 73.9 cm³/mol. The van der Waals surface area contributed by atoms with Crippen LogP contribution in [0.3, 0.4) is 0 Å². The molecule has 0 aromatic heterocycles. The van der Waals surface area contributed by atoms with Crippen LogP contribution in [-0.2, 0) is 20.0 Å². The molecule has 0 aliphatic heterocycles. The molecular formula is C14H21O4P. The molecule has 5 heteroatoms. The Bertz CT molecular complexity index is 415. The summed E-state index contributed by atoms with van der Waals surface area (Å²) in [6.45, 7) is 0.199. The van der Waals surface area contributed by atoms with Crippen molar-refractivity contribution in [2.75, 3.05) is 6.61 Å². The Kier molecular flexibility index (Phi) is 5.59. The maximum atomic E-state index is 11.8. The van der Waals surface area contributed by atoms with E-state index in [0.29, 0.717) is 6.42 Å². The first-order valence-corrected chi connectivity index (χ1v) is 8.35. The second-order valence-electron chi connectivity index (χ2n) is 4.90. The zero-order chi connectivity index (χ0) is 13.6. The van der Waals surface area contributed by atoms with Crippen LogP contribution in [-0.4, -0.2) is 17.6 Å². The van der Waals surface area contributed by atoms with Gasteiger partial charge in [-0.15, -0.1) is 0 Å². The van der Waals surface area contributed by atoms with E-state index in [1.807, 2.05) is 30.3 Å². The molecule has 1 fully saturated rings. The standard InChI is InChI=1S/C14H21O4P/c15-19(16,18-14-9-5-2-6-10-14)17-12-11-13-7-3-1-4-8-13/h1,3-4,7-8,14H,2,5-6,9-12H2,(H,15,16). The molecular weight excluding hydrogens is 263 g/mol. The van der Waals surface area contributed by atoms with Gasteiger partial charge in [0.15, 0.2) is 0 Å². The Labute approximate surface area is 114 Å². The molecule has 19 heavy (non-hydrogen) atoms. The van der Waals surface area contributed by atoms with E-state index in [0.717, 1.165) is 31.2 Å². The van der Waals surface area contributed by atoms with Gasteiger partial charge in [-0.05, 0) is 24.8 Å². The molecule has 1 aromatic carbocycles. The third kappa shape index (κ3) is 5.45. The summed E-state index contributed by atoms with van der Waals surface area (Å²) in [6.07, 6.45) is 5.51. The average molecular weight is 284 g/mol. The Hall–Kier alpha value is -0.670. The molecule has 0 bridgehead atoms. The molecule has 0 spiro atoms. The van der Waals surface area contributed by atoms with Gasteiger partial charge in [0.25, 0.3) is 0 Å². The van der Waals surface area contributed by atoms with Crippen molar-refractivity contribution in [1.82, 2.24) is 0 Å². The fourth-order valence-corrected chi connectivity index (χ4v) is 3.28. The maximum absolute atomic E-state index is 11.8. The van der Waals surface area contributed by atoms with Gasteiger partial charge in [-0.2, -0.15) is 0 Å². The first-order valence-electron chi connectivity index (χ1n) is 6.85. The second kappa shape index (κ2) is 7.20. The highest BCUT2D eigenvalue weighted by atomic mass is 31.2. The van der Waals surface area contributed by atoms with Crippen molar-refractivity contribution in [3.8, 4) is 0 Å². The summed E-state index contributed by atoms with van der Waals surface area (Å²) in [4.78, 5) is 9.66. The van der Waals surface area contributed by atoms with Crippen molar-refractivity contribution in [2.24, 2.45) is 0 Å². The molecule has 1 aromatic rings. The fourth-order valence-electron chi connectivity index (χ4n) is 2.31. The molecule has 1 atom stereocenters. The third-order valence-electron chi connectivity index (χ3n) is 3.32. The van der Waals surface area contributed by atoms with Crippen molar-refractivity contribution in [3.63, 3.8) is 0 Å². The SMILES string of the molecule is O=P(O)(OCCc1ccccc1)OC1CCCCC1. The molecule has 1 aliphatic carbocycles. The smallest absolute Gasteiger partial charge is 0.302 e. The zero-order valence-corrected chi connectivity index (χ0v) is 11.9. The monoisotopic (exact) mass is 284 g/mol. The minimum Gasteiger partial charge on any atom is -0.302 e. The van der Waals surface area contributed by atoms with Gasteiger partial charge in [0.05, 0.1) is 12.7 Å². The molecule has 0 saturated heterocycles. The van der Waals surface area contributed by atoms with Gasteiger partial charge in [-0.1, -0.05) is 49.6 Å². The number of rotatable bonds is 6. The average Bonchev–Trinajstić information content (AvgIpc) is 2.40. The van der Waals surface area contributed by atoms with E-state index >= 15 is 0 Å².